The molecule has 0 unspecified atom stereocenters. The Hall–Kier alpha value is -1.32. The lowest BCUT2D eigenvalue weighted by molar-refractivity contribution is -0.122. The van der Waals surface area contributed by atoms with Gasteiger partial charge >= 0.3 is 0 Å². The third kappa shape index (κ3) is 6.57. The van der Waals surface area contributed by atoms with Gasteiger partial charge in [0.15, 0.2) is 0 Å². The topological polar surface area (TPSA) is 72.2 Å². The highest BCUT2D eigenvalue weighted by Gasteiger charge is 1.98. The number of amides is 1. The number of carbonyl (C=O) groups is 2. The highest BCUT2D eigenvalue weighted by atomic mass is 16.2. The van der Waals surface area contributed by atoms with Crippen molar-refractivity contribution in [3.63, 3.8) is 0 Å². The van der Waals surface area contributed by atoms with Crippen LogP contribution < -0.4 is 11.1 Å². The van der Waals surface area contributed by atoms with Gasteiger partial charge in [-0.15, -0.1) is 0 Å². The minimum absolute atomic E-state index is 0.0654. The second-order valence-electron chi connectivity index (χ2n) is 2.13. The summed E-state index contributed by atoms with van der Waals surface area (Å²) in [5.74, 6) is -0.177. The third-order valence-electron chi connectivity index (χ3n) is 1.06. The Balaban J connectivity index is 3.37. The molecule has 0 aliphatic rings. The van der Waals surface area contributed by atoms with E-state index in [0.717, 1.165) is 0 Å². The number of rotatable bonds is 5. The Morgan fingerprint density at radius 3 is 2.64 bits per heavy atom. The molecule has 0 aromatic heterocycles. The first-order valence-corrected chi connectivity index (χ1v) is 3.30. The minimum Gasteiger partial charge on any atom is -0.403 e. The summed E-state index contributed by atoms with van der Waals surface area (Å²) in [6.45, 7) is 3.50. The number of carbonyl (C=O) groups excluding carboxylic acids is 2. The summed E-state index contributed by atoms with van der Waals surface area (Å²) in [6, 6.07) is 0. The summed E-state index contributed by atoms with van der Waals surface area (Å²) in [5, 5.41) is 2.38. The van der Waals surface area contributed by atoms with Gasteiger partial charge in [-0.25, -0.2) is 0 Å². The van der Waals surface area contributed by atoms with Crippen molar-refractivity contribution < 1.29 is 9.59 Å². The molecule has 0 aliphatic heterocycles. The lowest BCUT2D eigenvalue weighted by Gasteiger charge is -1.99. The highest BCUT2D eigenvalue weighted by molar-refractivity contribution is 5.78. The maximum absolute atomic E-state index is 10.7. The van der Waals surface area contributed by atoms with Crippen molar-refractivity contribution in [2.45, 2.75) is 12.8 Å². The summed E-state index contributed by atoms with van der Waals surface area (Å²) < 4.78 is 0. The molecule has 0 aromatic carbocycles. The molecule has 0 rings (SSSR count). The molecule has 0 spiro atoms. The van der Waals surface area contributed by atoms with Crippen molar-refractivity contribution in [3.8, 4) is 0 Å². The highest BCUT2D eigenvalue weighted by Crippen LogP contribution is 1.93. The molecule has 62 valence electrons. The zero-order valence-corrected chi connectivity index (χ0v) is 6.30. The van der Waals surface area contributed by atoms with E-state index in [1.807, 2.05) is 0 Å². The first-order valence-electron chi connectivity index (χ1n) is 3.30. The van der Waals surface area contributed by atoms with Crippen molar-refractivity contribution in [3.05, 3.63) is 12.3 Å². The second-order valence-corrected chi connectivity index (χ2v) is 2.13. The van der Waals surface area contributed by atoms with E-state index in [-0.39, 0.29) is 12.5 Å². The molecule has 4 heteroatoms. The number of hydrogen-bond donors (Lipinski definition) is 2. The van der Waals surface area contributed by atoms with E-state index in [1.54, 1.807) is 0 Å². The van der Waals surface area contributed by atoms with Gasteiger partial charge < -0.3 is 15.8 Å². The molecule has 0 atom stereocenters. The fourth-order valence-electron chi connectivity index (χ4n) is 0.518. The first kappa shape index (κ1) is 9.68. The van der Waals surface area contributed by atoms with Crippen LogP contribution in [-0.2, 0) is 9.59 Å². The van der Waals surface area contributed by atoms with Crippen LogP contribution in [0.3, 0.4) is 0 Å². The number of nitrogens with two attached hydrogens (primary N) is 1. The van der Waals surface area contributed by atoms with Crippen LogP contribution >= 0.6 is 0 Å². The Kier molecular flexibility index (Phi) is 4.81. The van der Waals surface area contributed by atoms with Gasteiger partial charge in [-0.3, -0.25) is 4.79 Å². The van der Waals surface area contributed by atoms with Gasteiger partial charge in [-0.05, 0) is 6.42 Å². The van der Waals surface area contributed by atoms with Gasteiger partial charge in [0.2, 0.25) is 5.91 Å². The summed E-state index contributed by atoms with van der Waals surface area (Å²) in [4.78, 5) is 20.5. The molecule has 0 fully saturated rings. The van der Waals surface area contributed by atoms with Crippen LogP contribution in [0, 0.1) is 0 Å². The molecule has 0 saturated heterocycles. The van der Waals surface area contributed by atoms with E-state index in [2.05, 4.69) is 11.9 Å². The van der Waals surface area contributed by atoms with Crippen LogP contribution in [0.5, 0.6) is 0 Å². The van der Waals surface area contributed by atoms with E-state index in [9.17, 15) is 9.59 Å². The predicted molar refractivity (Wildman–Crippen MR) is 41.6 cm³/mol. The number of nitrogens with one attached hydrogen (secondary N) is 1. The zero-order valence-electron chi connectivity index (χ0n) is 6.30. The van der Waals surface area contributed by atoms with Crippen LogP contribution in [0.15, 0.2) is 12.3 Å². The molecule has 0 radical (unpaired) electrons. The molecule has 1 amide bonds. The molecular formula is C7H12N2O2. The maximum atomic E-state index is 10.7. The van der Waals surface area contributed by atoms with Gasteiger partial charge in [0.25, 0.3) is 0 Å². The second kappa shape index (κ2) is 5.46. The van der Waals surface area contributed by atoms with Crippen LogP contribution in [0.4, 0.5) is 0 Å². The van der Waals surface area contributed by atoms with Crippen molar-refractivity contribution in [2.24, 2.45) is 5.73 Å². The quantitative estimate of drug-likeness (QED) is 0.530. The van der Waals surface area contributed by atoms with E-state index in [4.69, 9.17) is 5.73 Å². The zero-order chi connectivity index (χ0) is 8.69. The van der Waals surface area contributed by atoms with Crippen LogP contribution in [0.2, 0.25) is 0 Å². The Labute approximate surface area is 65.5 Å². The van der Waals surface area contributed by atoms with Gasteiger partial charge in [-0.1, -0.05) is 6.58 Å². The molecule has 4 nitrogen and oxygen atoms in total. The molecule has 0 saturated carbocycles. The Morgan fingerprint density at radius 1 is 1.55 bits per heavy atom. The summed E-state index contributed by atoms with van der Waals surface area (Å²) in [6.07, 6.45) is 1.39. The SMILES string of the molecule is C=C(N)CCC(=O)NCC=O. The molecule has 0 heterocycles. The van der Waals surface area contributed by atoms with Gasteiger partial charge in [0, 0.05) is 12.1 Å². The minimum atomic E-state index is -0.177. The average Bonchev–Trinajstić information content (AvgIpc) is 1.97. The predicted octanol–water partition coefficient (Wildman–Crippen LogP) is -0.446. The Bertz CT molecular complexity index is 166. The summed E-state index contributed by atoms with van der Waals surface area (Å²) in [5.41, 5.74) is 5.70. The molecule has 0 aliphatic carbocycles. The lowest BCUT2D eigenvalue weighted by atomic mass is 10.2. The smallest absolute Gasteiger partial charge is 0.220 e. The average molecular weight is 156 g/mol. The molecule has 0 aromatic rings. The van der Waals surface area contributed by atoms with Crippen molar-refractivity contribution in [1.82, 2.24) is 5.32 Å². The number of hydrogen-bond acceptors (Lipinski definition) is 3. The molecular weight excluding hydrogens is 144 g/mol. The fourth-order valence-corrected chi connectivity index (χ4v) is 0.518. The van der Waals surface area contributed by atoms with E-state index in [1.165, 1.54) is 0 Å². The van der Waals surface area contributed by atoms with Gasteiger partial charge in [0.1, 0.15) is 6.29 Å². The summed E-state index contributed by atoms with van der Waals surface area (Å²) in [7, 11) is 0. The molecule has 11 heavy (non-hydrogen) atoms. The maximum Gasteiger partial charge on any atom is 0.220 e. The van der Waals surface area contributed by atoms with Gasteiger partial charge in [0.05, 0.1) is 6.54 Å². The molecule has 0 bridgehead atoms. The van der Waals surface area contributed by atoms with Crippen molar-refractivity contribution >= 4 is 12.2 Å². The molecule has 3 N–H and O–H groups in total. The van der Waals surface area contributed by atoms with Gasteiger partial charge in [-0.2, -0.15) is 0 Å². The monoisotopic (exact) mass is 156 g/mol. The van der Waals surface area contributed by atoms with Crippen molar-refractivity contribution in [1.29, 1.82) is 0 Å². The van der Waals surface area contributed by atoms with E-state index < -0.39 is 0 Å². The van der Waals surface area contributed by atoms with Crippen LogP contribution in [0.1, 0.15) is 12.8 Å². The standard InChI is InChI=1S/C7H12N2O2/c1-6(8)2-3-7(11)9-4-5-10/h5H,1-4,8H2,(H,9,11). The third-order valence-corrected chi connectivity index (χ3v) is 1.06. The van der Waals surface area contributed by atoms with Crippen molar-refractivity contribution in [2.75, 3.05) is 6.54 Å². The van der Waals surface area contributed by atoms with Crippen LogP contribution in [0.25, 0.3) is 0 Å². The summed E-state index contributed by atoms with van der Waals surface area (Å²) >= 11 is 0. The van der Waals surface area contributed by atoms with E-state index >= 15 is 0 Å². The van der Waals surface area contributed by atoms with E-state index in [0.29, 0.717) is 24.8 Å². The normalized spacial score (nSPS) is 8.73. The Morgan fingerprint density at radius 2 is 2.18 bits per heavy atom. The number of aldehydes is 1. The lowest BCUT2D eigenvalue weighted by Crippen LogP contribution is -2.25. The fraction of sp³-hybridized carbons (Fsp3) is 0.429. The number of allylic oxidation sites excluding steroid dienone is 1. The first-order chi connectivity index (χ1) is 5.16. The largest absolute Gasteiger partial charge is 0.403 e. The van der Waals surface area contributed by atoms with Crippen LogP contribution in [-0.4, -0.2) is 18.7 Å².